The van der Waals surface area contributed by atoms with Crippen LogP contribution in [0, 0.1) is 5.41 Å². The van der Waals surface area contributed by atoms with Crippen molar-refractivity contribution in [2.24, 2.45) is 5.41 Å². The molecule has 0 aromatic rings. The zero-order chi connectivity index (χ0) is 13.4. The van der Waals surface area contributed by atoms with Gasteiger partial charge in [-0.15, -0.1) is 0 Å². The van der Waals surface area contributed by atoms with Crippen LogP contribution in [0.5, 0.6) is 0 Å². The van der Waals surface area contributed by atoms with E-state index in [0.29, 0.717) is 0 Å². The molecule has 3 nitrogen and oxygen atoms in total. The zero-order valence-corrected chi connectivity index (χ0v) is 12.6. The maximum absolute atomic E-state index is 11.5. The number of carbonyl (C=O) groups is 1. The Bertz CT molecular complexity index is 250. The van der Waals surface area contributed by atoms with Gasteiger partial charge in [-0.2, -0.15) is 11.8 Å². The second-order valence-corrected chi connectivity index (χ2v) is 6.36. The van der Waals surface area contributed by atoms with Crippen molar-refractivity contribution in [1.29, 1.82) is 0 Å². The number of carboxylic acids is 1. The summed E-state index contributed by atoms with van der Waals surface area (Å²) in [6, 6.07) is 0. The molecule has 0 bridgehead atoms. The highest BCUT2D eigenvalue weighted by Gasteiger charge is 2.40. The van der Waals surface area contributed by atoms with Crippen molar-refractivity contribution in [3.8, 4) is 0 Å². The summed E-state index contributed by atoms with van der Waals surface area (Å²) >= 11 is 1.90. The second-order valence-electron chi connectivity index (χ2n) is 5.38. The summed E-state index contributed by atoms with van der Waals surface area (Å²) in [5.41, 5.74) is -0.426. The first-order valence-electron chi connectivity index (χ1n) is 7.09. The largest absolute Gasteiger partial charge is 0.481 e. The van der Waals surface area contributed by atoms with E-state index in [1.54, 1.807) is 0 Å². The summed E-state index contributed by atoms with van der Waals surface area (Å²) in [7, 11) is 0. The van der Waals surface area contributed by atoms with Gasteiger partial charge >= 0.3 is 5.97 Å². The molecular formula is C14H27NO2S. The van der Waals surface area contributed by atoms with Crippen LogP contribution in [-0.4, -0.2) is 47.6 Å². The molecule has 0 unspecified atom stereocenters. The van der Waals surface area contributed by atoms with Crippen LogP contribution in [0.2, 0.25) is 0 Å². The Morgan fingerprint density at radius 2 is 2.00 bits per heavy atom. The van der Waals surface area contributed by atoms with E-state index >= 15 is 0 Å². The highest BCUT2D eigenvalue weighted by molar-refractivity contribution is 7.98. The maximum atomic E-state index is 11.5. The fourth-order valence-corrected chi connectivity index (χ4v) is 3.33. The van der Waals surface area contributed by atoms with Gasteiger partial charge < -0.3 is 10.0 Å². The van der Waals surface area contributed by atoms with Crippen LogP contribution in [0.15, 0.2) is 0 Å². The standard InChI is InChI=1S/C14H27NO2S/c1-3-6-14(13(16)17)7-10-15(11-8-14)9-4-5-12-18-2/h3-12H2,1-2H3,(H,16,17). The summed E-state index contributed by atoms with van der Waals surface area (Å²) < 4.78 is 0. The van der Waals surface area contributed by atoms with Crippen LogP contribution in [0.3, 0.4) is 0 Å². The van der Waals surface area contributed by atoms with Gasteiger partial charge in [0.2, 0.25) is 0 Å². The van der Waals surface area contributed by atoms with Crippen LogP contribution in [0.4, 0.5) is 0 Å². The van der Waals surface area contributed by atoms with Gasteiger partial charge in [-0.3, -0.25) is 4.79 Å². The molecule has 0 saturated carbocycles. The number of thioether (sulfide) groups is 1. The Balaban J connectivity index is 2.32. The number of unbranched alkanes of at least 4 members (excludes halogenated alkanes) is 1. The van der Waals surface area contributed by atoms with Crippen molar-refractivity contribution in [1.82, 2.24) is 4.90 Å². The molecule has 0 radical (unpaired) electrons. The van der Waals surface area contributed by atoms with Gasteiger partial charge in [-0.05, 0) is 63.7 Å². The molecule has 0 spiro atoms. The minimum atomic E-state index is -0.577. The van der Waals surface area contributed by atoms with E-state index in [2.05, 4.69) is 18.1 Å². The molecule has 0 aromatic carbocycles. The molecule has 18 heavy (non-hydrogen) atoms. The minimum absolute atomic E-state index is 0.426. The average molecular weight is 273 g/mol. The minimum Gasteiger partial charge on any atom is -0.481 e. The van der Waals surface area contributed by atoms with Crippen molar-refractivity contribution >= 4 is 17.7 Å². The van der Waals surface area contributed by atoms with Crippen molar-refractivity contribution in [2.75, 3.05) is 31.6 Å². The molecule has 1 heterocycles. The Labute approximate surface area is 115 Å². The van der Waals surface area contributed by atoms with E-state index in [9.17, 15) is 9.90 Å². The highest BCUT2D eigenvalue weighted by atomic mass is 32.2. The lowest BCUT2D eigenvalue weighted by Crippen LogP contribution is -2.44. The monoisotopic (exact) mass is 273 g/mol. The van der Waals surface area contributed by atoms with Gasteiger partial charge in [0, 0.05) is 0 Å². The van der Waals surface area contributed by atoms with Crippen molar-refractivity contribution in [3.63, 3.8) is 0 Å². The van der Waals surface area contributed by atoms with Crippen molar-refractivity contribution in [2.45, 2.75) is 45.4 Å². The number of aliphatic carboxylic acids is 1. The Hall–Kier alpha value is -0.220. The highest BCUT2D eigenvalue weighted by Crippen LogP contribution is 2.36. The normalized spacial score (nSPS) is 19.9. The molecule has 1 aliphatic heterocycles. The third-order valence-corrected chi connectivity index (χ3v) is 4.77. The SMILES string of the molecule is CCCC1(C(=O)O)CCN(CCCCSC)CC1. The summed E-state index contributed by atoms with van der Waals surface area (Å²) in [6.07, 6.45) is 8.14. The molecule has 1 N–H and O–H groups in total. The average Bonchev–Trinajstić information content (AvgIpc) is 2.37. The first kappa shape index (κ1) is 15.8. The van der Waals surface area contributed by atoms with Crippen LogP contribution in [-0.2, 0) is 4.79 Å². The smallest absolute Gasteiger partial charge is 0.309 e. The lowest BCUT2D eigenvalue weighted by molar-refractivity contribution is -0.152. The molecule has 0 amide bonds. The van der Waals surface area contributed by atoms with E-state index in [4.69, 9.17) is 0 Å². The molecular weight excluding hydrogens is 246 g/mol. The molecule has 1 saturated heterocycles. The summed E-state index contributed by atoms with van der Waals surface area (Å²) in [5.74, 6) is 0.661. The molecule has 4 heteroatoms. The zero-order valence-electron chi connectivity index (χ0n) is 11.8. The van der Waals surface area contributed by atoms with E-state index in [1.807, 2.05) is 11.8 Å². The molecule has 1 fully saturated rings. The predicted molar refractivity (Wildman–Crippen MR) is 78.3 cm³/mol. The molecule has 1 rings (SSSR count). The lowest BCUT2D eigenvalue weighted by atomic mass is 9.75. The number of carboxylic acid groups (broad SMARTS) is 1. The van der Waals surface area contributed by atoms with E-state index in [0.717, 1.165) is 45.3 Å². The van der Waals surface area contributed by atoms with Gasteiger partial charge in [-0.1, -0.05) is 13.3 Å². The number of piperidine rings is 1. The molecule has 0 atom stereocenters. The second kappa shape index (κ2) is 8.05. The quantitative estimate of drug-likeness (QED) is 0.690. The number of hydrogen-bond acceptors (Lipinski definition) is 3. The number of nitrogens with zero attached hydrogens (tertiary/aromatic N) is 1. The first-order chi connectivity index (χ1) is 8.64. The fourth-order valence-electron chi connectivity index (χ4n) is 2.84. The fraction of sp³-hybridized carbons (Fsp3) is 0.929. The van der Waals surface area contributed by atoms with E-state index in [-0.39, 0.29) is 0 Å². The predicted octanol–water partition coefficient (Wildman–Crippen LogP) is 3.10. The molecule has 1 aliphatic rings. The Kier molecular flexibility index (Phi) is 7.08. The van der Waals surface area contributed by atoms with Gasteiger partial charge in [0.15, 0.2) is 0 Å². The van der Waals surface area contributed by atoms with Gasteiger partial charge in [0.1, 0.15) is 0 Å². The molecule has 106 valence electrons. The topological polar surface area (TPSA) is 40.5 Å². The number of hydrogen-bond donors (Lipinski definition) is 1. The van der Waals surface area contributed by atoms with E-state index < -0.39 is 11.4 Å². The molecule has 0 aliphatic carbocycles. The van der Waals surface area contributed by atoms with Gasteiger partial charge in [-0.25, -0.2) is 0 Å². The third kappa shape index (κ3) is 4.47. The van der Waals surface area contributed by atoms with Gasteiger partial charge in [0.25, 0.3) is 0 Å². The summed E-state index contributed by atoms with van der Waals surface area (Å²) in [4.78, 5) is 13.9. The van der Waals surface area contributed by atoms with Crippen LogP contribution in [0.25, 0.3) is 0 Å². The molecule has 0 aromatic heterocycles. The number of likely N-dealkylation sites (tertiary alicyclic amines) is 1. The first-order valence-corrected chi connectivity index (χ1v) is 8.48. The Morgan fingerprint density at radius 1 is 1.33 bits per heavy atom. The maximum Gasteiger partial charge on any atom is 0.309 e. The van der Waals surface area contributed by atoms with Crippen LogP contribution in [0.1, 0.15) is 45.4 Å². The summed E-state index contributed by atoms with van der Waals surface area (Å²) in [5, 5.41) is 9.43. The van der Waals surface area contributed by atoms with E-state index in [1.165, 1.54) is 18.6 Å². The van der Waals surface area contributed by atoms with Crippen LogP contribution < -0.4 is 0 Å². The third-order valence-electron chi connectivity index (χ3n) is 4.07. The summed E-state index contributed by atoms with van der Waals surface area (Å²) in [6.45, 7) is 5.15. The Morgan fingerprint density at radius 3 is 2.50 bits per heavy atom. The van der Waals surface area contributed by atoms with Crippen molar-refractivity contribution < 1.29 is 9.90 Å². The van der Waals surface area contributed by atoms with Gasteiger partial charge in [0.05, 0.1) is 5.41 Å². The van der Waals surface area contributed by atoms with Crippen molar-refractivity contribution in [3.05, 3.63) is 0 Å². The lowest BCUT2D eigenvalue weighted by Gasteiger charge is -2.38. The number of rotatable bonds is 8. The van der Waals surface area contributed by atoms with Crippen LogP contribution >= 0.6 is 11.8 Å².